The average Bonchev–Trinajstić information content (AvgIpc) is 2.81. The standard InChI is InChI=1S/C13H22N2S/c1-10-4-3-6-15(13(10)8-14)11(2)12-5-7-16-9-12/h5,7,9-11,13H,3-4,6,8,14H2,1-2H3. The Bertz CT molecular complexity index is 310. The summed E-state index contributed by atoms with van der Waals surface area (Å²) < 4.78 is 0. The highest BCUT2D eigenvalue weighted by Gasteiger charge is 2.30. The first-order valence-corrected chi connectivity index (χ1v) is 7.16. The van der Waals surface area contributed by atoms with E-state index in [0.29, 0.717) is 12.1 Å². The predicted octanol–water partition coefficient (Wildman–Crippen LogP) is 2.87. The molecule has 1 fully saturated rings. The van der Waals surface area contributed by atoms with Gasteiger partial charge in [0.05, 0.1) is 0 Å². The Morgan fingerprint density at radius 1 is 1.62 bits per heavy atom. The second-order valence-electron chi connectivity index (χ2n) is 4.89. The van der Waals surface area contributed by atoms with Gasteiger partial charge in [0.15, 0.2) is 0 Å². The molecule has 1 aliphatic heterocycles. The summed E-state index contributed by atoms with van der Waals surface area (Å²) in [6.45, 7) is 6.63. The van der Waals surface area contributed by atoms with E-state index in [1.54, 1.807) is 11.3 Å². The normalized spacial score (nSPS) is 29.2. The molecule has 3 atom stereocenters. The highest BCUT2D eigenvalue weighted by molar-refractivity contribution is 7.07. The number of piperidine rings is 1. The quantitative estimate of drug-likeness (QED) is 0.877. The molecule has 1 aliphatic rings. The van der Waals surface area contributed by atoms with Gasteiger partial charge in [-0.1, -0.05) is 6.92 Å². The lowest BCUT2D eigenvalue weighted by Crippen LogP contribution is -2.49. The molecule has 1 aromatic rings. The van der Waals surface area contributed by atoms with Crippen molar-refractivity contribution in [3.63, 3.8) is 0 Å². The van der Waals surface area contributed by atoms with Crippen LogP contribution in [-0.4, -0.2) is 24.0 Å². The number of hydrogen-bond acceptors (Lipinski definition) is 3. The van der Waals surface area contributed by atoms with Gasteiger partial charge < -0.3 is 5.73 Å². The molecule has 2 heterocycles. The lowest BCUT2D eigenvalue weighted by atomic mass is 9.89. The zero-order chi connectivity index (χ0) is 11.5. The highest BCUT2D eigenvalue weighted by atomic mass is 32.1. The highest BCUT2D eigenvalue weighted by Crippen LogP contribution is 2.31. The van der Waals surface area contributed by atoms with Crippen molar-refractivity contribution in [3.05, 3.63) is 22.4 Å². The van der Waals surface area contributed by atoms with Crippen molar-refractivity contribution in [2.75, 3.05) is 13.1 Å². The first-order chi connectivity index (χ1) is 7.74. The van der Waals surface area contributed by atoms with Crippen LogP contribution >= 0.6 is 11.3 Å². The zero-order valence-corrected chi connectivity index (χ0v) is 11.0. The van der Waals surface area contributed by atoms with Crippen molar-refractivity contribution in [2.24, 2.45) is 11.7 Å². The second-order valence-corrected chi connectivity index (χ2v) is 5.67. The maximum Gasteiger partial charge on any atom is 0.0331 e. The van der Waals surface area contributed by atoms with Crippen LogP contribution < -0.4 is 5.73 Å². The minimum absolute atomic E-state index is 0.516. The lowest BCUT2D eigenvalue weighted by Gasteiger charge is -2.43. The monoisotopic (exact) mass is 238 g/mol. The molecule has 3 unspecified atom stereocenters. The van der Waals surface area contributed by atoms with Gasteiger partial charge in [0.25, 0.3) is 0 Å². The number of thiophene rings is 1. The van der Waals surface area contributed by atoms with Crippen LogP contribution in [0, 0.1) is 5.92 Å². The molecule has 2 rings (SSSR count). The number of nitrogens with two attached hydrogens (primary N) is 1. The molecule has 1 saturated heterocycles. The molecule has 2 nitrogen and oxygen atoms in total. The molecule has 2 N–H and O–H groups in total. The Kier molecular flexibility index (Phi) is 4.00. The molecule has 0 amide bonds. The molecule has 3 heteroatoms. The minimum atomic E-state index is 0.516. The third-order valence-corrected chi connectivity index (χ3v) is 4.62. The number of rotatable bonds is 3. The molecule has 0 aliphatic carbocycles. The molecule has 0 spiro atoms. The van der Waals surface area contributed by atoms with Crippen molar-refractivity contribution < 1.29 is 0 Å². The van der Waals surface area contributed by atoms with E-state index in [2.05, 4.69) is 35.6 Å². The van der Waals surface area contributed by atoms with Gasteiger partial charge in [-0.25, -0.2) is 0 Å². The van der Waals surface area contributed by atoms with Crippen LogP contribution in [0.3, 0.4) is 0 Å². The Morgan fingerprint density at radius 2 is 2.44 bits per heavy atom. The summed E-state index contributed by atoms with van der Waals surface area (Å²) in [4.78, 5) is 2.59. The van der Waals surface area contributed by atoms with Crippen molar-refractivity contribution in [1.82, 2.24) is 4.90 Å². The van der Waals surface area contributed by atoms with Crippen LogP contribution in [-0.2, 0) is 0 Å². The second kappa shape index (κ2) is 5.30. The molecular weight excluding hydrogens is 216 g/mol. The summed E-state index contributed by atoms with van der Waals surface area (Å²) in [7, 11) is 0. The molecule has 0 saturated carbocycles. The molecular formula is C13H22N2S. The Morgan fingerprint density at radius 3 is 3.06 bits per heavy atom. The largest absolute Gasteiger partial charge is 0.329 e. The van der Waals surface area contributed by atoms with Gasteiger partial charge in [0.1, 0.15) is 0 Å². The summed E-state index contributed by atoms with van der Waals surface area (Å²) in [5.41, 5.74) is 7.38. The maximum absolute atomic E-state index is 5.94. The van der Waals surface area contributed by atoms with Gasteiger partial charge in [0, 0.05) is 18.6 Å². The summed E-state index contributed by atoms with van der Waals surface area (Å²) >= 11 is 1.78. The van der Waals surface area contributed by atoms with Gasteiger partial charge in [-0.05, 0) is 54.6 Å². The van der Waals surface area contributed by atoms with E-state index in [0.717, 1.165) is 12.5 Å². The molecule has 0 aromatic carbocycles. The van der Waals surface area contributed by atoms with Gasteiger partial charge in [0.2, 0.25) is 0 Å². The predicted molar refractivity (Wildman–Crippen MR) is 70.7 cm³/mol. The number of nitrogens with zero attached hydrogens (tertiary/aromatic N) is 1. The van der Waals surface area contributed by atoms with Crippen molar-refractivity contribution >= 4 is 11.3 Å². The smallest absolute Gasteiger partial charge is 0.0331 e. The van der Waals surface area contributed by atoms with E-state index in [9.17, 15) is 0 Å². The van der Waals surface area contributed by atoms with Crippen LogP contribution in [0.15, 0.2) is 16.8 Å². The lowest BCUT2D eigenvalue weighted by molar-refractivity contribution is 0.0691. The summed E-state index contributed by atoms with van der Waals surface area (Å²) in [5, 5.41) is 4.42. The topological polar surface area (TPSA) is 29.3 Å². The van der Waals surface area contributed by atoms with E-state index in [1.807, 2.05) is 0 Å². The van der Waals surface area contributed by atoms with Crippen molar-refractivity contribution in [3.8, 4) is 0 Å². The average molecular weight is 238 g/mol. The zero-order valence-electron chi connectivity index (χ0n) is 10.2. The number of hydrogen-bond donors (Lipinski definition) is 1. The fraction of sp³-hybridized carbons (Fsp3) is 0.692. The fourth-order valence-corrected chi connectivity index (χ4v) is 3.58. The van der Waals surface area contributed by atoms with E-state index >= 15 is 0 Å². The van der Waals surface area contributed by atoms with Gasteiger partial charge >= 0.3 is 0 Å². The third kappa shape index (κ3) is 2.31. The van der Waals surface area contributed by atoms with Crippen LogP contribution in [0.4, 0.5) is 0 Å². The van der Waals surface area contributed by atoms with Crippen LogP contribution in [0.2, 0.25) is 0 Å². The summed E-state index contributed by atoms with van der Waals surface area (Å²) in [5.74, 6) is 0.736. The molecule has 90 valence electrons. The minimum Gasteiger partial charge on any atom is -0.329 e. The SMILES string of the molecule is CC1CCCN(C(C)c2ccsc2)C1CN. The first-order valence-electron chi connectivity index (χ1n) is 6.22. The van der Waals surface area contributed by atoms with Gasteiger partial charge in [-0.3, -0.25) is 4.90 Å². The van der Waals surface area contributed by atoms with Crippen molar-refractivity contribution in [2.45, 2.75) is 38.8 Å². The Balaban J connectivity index is 2.12. The van der Waals surface area contributed by atoms with E-state index in [1.165, 1.54) is 24.9 Å². The van der Waals surface area contributed by atoms with Crippen LogP contribution in [0.5, 0.6) is 0 Å². The van der Waals surface area contributed by atoms with Gasteiger partial charge in [-0.2, -0.15) is 11.3 Å². The summed E-state index contributed by atoms with van der Waals surface area (Å²) in [6.07, 6.45) is 2.64. The third-order valence-electron chi connectivity index (χ3n) is 3.92. The Hall–Kier alpha value is -0.380. The van der Waals surface area contributed by atoms with E-state index < -0.39 is 0 Å². The van der Waals surface area contributed by atoms with Crippen LogP contribution in [0.25, 0.3) is 0 Å². The first kappa shape index (κ1) is 12.1. The van der Waals surface area contributed by atoms with Crippen molar-refractivity contribution in [1.29, 1.82) is 0 Å². The van der Waals surface area contributed by atoms with Crippen LogP contribution in [0.1, 0.15) is 38.3 Å². The number of likely N-dealkylation sites (tertiary alicyclic amines) is 1. The molecule has 0 bridgehead atoms. The maximum atomic E-state index is 5.94. The molecule has 0 radical (unpaired) electrons. The Labute approximate surface area is 102 Å². The van der Waals surface area contributed by atoms with E-state index in [-0.39, 0.29) is 0 Å². The summed E-state index contributed by atoms with van der Waals surface area (Å²) in [6, 6.07) is 3.31. The molecule has 1 aromatic heterocycles. The van der Waals surface area contributed by atoms with E-state index in [4.69, 9.17) is 5.73 Å². The molecule has 16 heavy (non-hydrogen) atoms. The fourth-order valence-electron chi connectivity index (χ4n) is 2.83. The van der Waals surface area contributed by atoms with Gasteiger partial charge in [-0.15, -0.1) is 0 Å².